The molecular formula is C23H17ClN2O3S. The molecule has 0 saturated heterocycles. The van der Waals surface area contributed by atoms with Crippen molar-refractivity contribution in [3.8, 4) is 11.5 Å². The van der Waals surface area contributed by atoms with Crippen LogP contribution in [0.3, 0.4) is 0 Å². The maximum absolute atomic E-state index is 13.3. The Morgan fingerprint density at radius 1 is 1.00 bits per heavy atom. The van der Waals surface area contributed by atoms with E-state index < -0.39 is 0 Å². The molecule has 0 aliphatic carbocycles. The van der Waals surface area contributed by atoms with Gasteiger partial charge in [0, 0.05) is 10.8 Å². The molecule has 7 heteroatoms. The highest BCUT2D eigenvalue weighted by Crippen LogP contribution is 2.33. The number of aromatic nitrogens is 2. The van der Waals surface area contributed by atoms with Crippen molar-refractivity contribution in [3.63, 3.8) is 0 Å². The molecule has 1 aliphatic rings. The first-order chi connectivity index (χ1) is 14.7. The summed E-state index contributed by atoms with van der Waals surface area (Å²) >= 11 is 7.81. The van der Waals surface area contributed by atoms with Gasteiger partial charge in [-0.05, 0) is 41.5 Å². The zero-order valence-electron chi connectivity index (χ0n) is 15.9. The number of nitrogens with zero attached hydrogens (tertiary/aromatic N) is 2. The molecule has 4 aromatic rings. The Balaban J connectivity index is 1.54. The van der Waals surface area contributed by atoms with Gasteiger partial charge in [0.25, 0.3) is 5.56 Å². The standard InChI is InChI=1S/C23H17ClN2O3S/c24-18-7-3-1-5-16(18)13-30-23-25-19-8-4-2-6-17(19)22(27)26(23)12-15-9-10-20-21(11-15)29-14-28-20/h1-11H,12-14H2. The van der Waals surface area contributed by atoms with E-state index in [4.69, 9.17) is 26.1 Å². The van der Waals surface area contributed by atoms with Gasteiger partial charge in [-0.15, -0.1) is 0 Å². The number of halogens is 1. The van der Waals surface area contributed by atoms with Crippen LogP contribution in [0, 0.1) is 0 Å². The first-order valence-electron chi connectivity index (χ1n) is 9.43. The van der Waals surface area contributed by atoms with Gasteiger partial charge in [0.15, 0.2) is 16.7 Å². The number of hydrogen-bond donors (Lipinski definition) is 0. The van der Waals surface area contributed by atoms with Crippen molar-refractivity contribution < 1.29 is 9.47 Å². The van der Waals surface area contributed by atoms with E-state index in [0.29, 0.717) is 39.1 Å². The summed E-state index contributed by atoms with van der Waals surface area (Å²) < 4.78 is 12.6. The van der Waals surface area contributed by atoms with Crippen molar-refractivity contribution in [1.82, 2.24) is 9.55 Å². The topological polar surface area (TPSA) is 53.4 Å². The fraction of sp³-hybridized carbons (Fsp3) is 0.130. The molecule has 0 bridgehead atoms. The molecule has 30 heavy (non-hydrogen) atoms. The van der Waals surface area contributed by atoms with Crippen LogP contribution in [0.25, 0.3) is 10.9 Å². The SMILES string of the molecule is O=c1c2ccccc2nc(SCc2ccccc2Cl)n1Cc1ccc2c(c1)OCO2. The lowest BCUT2D eigenvalue weighted by molar-refractivity contribution is 0.174. The number of hydrogen-bond acceptors (Lipinski definition) is 5. The van der Waals surface area contributed by atoms with E-state index in [1.807, 2.05) is 66.7 Å². The van der Waals surface area contributed by atoms with E-state index in [0.717, 1.165) is 16.9 Å². The molecule has 1 aromatic heterocycles. The number of ether oxygens (including phenoxy) is 2. The second-order valence-corrected chi connectivity index (χ2v) is 8.22. The van der Waals surface area contributed by atoms with Crippen LogP contribution in [-0.2, 0) is 12.3 Å². The van der Waals surface area contributed by atoms with Gasteiger partial charge in [0.1, 0.15) is 0 Å². The third-order valence-corrected chi connectivity index (χ3v) is 6.31. The summed E-state index contributed by atoms with van der Waals surface area (Å²) in [6.07, 6.45) is 0. The first-order valence-corrected chi connectivity index (χ1v) is 10.8. The van der Waals surface area contributed by atoms with Gasteiger partial charge in [-0.3, -0.25) is 9.36 Å². The number of para-hydroxylation sites is 1. The van der Waals surface area contributed by atoms with Crippen molar-refractivity contribution in [3.05, 3.63) is 93.2 Å². The molecule has 3 aromatic carbocycles. The van der Waals surface area contributed by atoms with E-state index in [2.05, 4.69) is 0 Å². The first kappa shape index (κ1) is 19.0. The molecule has 0 N–H and O–H groups in total. The fourth-order valence-corrected chi connectivity index (χ4v) is 4.66. The van der Waals surface area contributed by atoms with Crippen LogP contribution in [0.2, 0.25) is 5.02 Å². The molecule has 2 heterocycles. The molecule has 0 amide bonds. The number of thioether (sulfide) groups is 1. The minimum atomic E-state index is -0.0695. The Labute approximate surface area is 182 Å². The van der Waals surface area contributed by atoms with Crippen molar-refractivity contribution in [1.29, 1.82) is 0 Å². The van der Waals surface area contributed by atoms with E-state index in [1.54, 1.807) is 4.57 Å². The fourth-order valence-electron chi connectivity index (χ4n) is 3.38. The predicted octanol–water partition coefficient (Wildman–Crippen LogP) is 5.12. The molecular weight excluding hydrogens is 420 g/mol. The molecule has 5 nitrogen and oxygen atoms in total. The van der Waals surface area contributed by atoms with Crippen LogP contribution in [0.1, 0.15) is 11.1 Å². The van der Waals surface area contributed by atoms with Gasteiger partial charge in [0.2, 0.25) is 6.79 Å². The van der Waals surface area contributed by atoms with E-state index in [9.17, 15) is 4.79 Å². The average Bonchev–Trinajstić information content (AvgIpc) is 3.23. The smallest absolute Gasteiger partial charge is 0.262 e. The van der Waals surface area contributed by atoms with Gasteiger partial charge in [0.05, 0.1) is 17.4 Å². The minimum absolute atomic E-state index is 0.0695. The number of benzene rings is 3. The molecule has 0 unspecified atom stereocenters. The van der Waals surface area contributed by atoms with Crippen LogP contribution in [-0.4, -0.2) is 16.3 Å². The largest absolute Gasteiger partial charge is 0.454 e. The lowest BCUT2D eigenvalue weighted by atomic mass is 10.2. The van der Waals surface area contributed by atoms with Crippen molar-refractivity contribution >= 4 is 34.3 Å². The lowest BCUT2D eigenvalue weighted by Crippen LogP contribution is -2.24. The van der Waals surface area contributed by atoms with Gasteiger partial charge in [-0.1, -0.05) is 59.8 Å². The van der Waals surface area contributed by atoms with Gasteiger partial charge >= 0.3 is 0 Å². The van der Waals surface area contributed by atoms with E-state index in [-0.39, 0.29) is 12.4 Å². The third-order valence-electron chi connectivity index (χ3n) is 4.92. The Kier molecular flexibility index (Phi) is 5.11. The Bertz CT molecular complexity index is 1310. The molecule has 0 spiro atoms. The summed E-state index contributed by atoms with van der Waals surface area (Å²) in [5.41, 5.74) is 2.56. The molecule has 0 saturated carbocycles. The normalized spacial score (nSPS) is 12.4. The third kappa shape index (κ3) is 3.64. The van der Waals surface area contributed by atoms with Crippen molar-refractivity contribution in [2.45, 2.75) is 17.5 Å². The maximum atomic E-state index is 13.3. The zero-order chi connectivity index (χ0) is 20.5. The summed E-state index contributed by atoms with van der Waals surface area (Å²) in [6.45, 7) is 0.605. The second-order valence-electron chi connectivity index (χ2n) is 6.87. The quantitative estimate of drug-likeness (QED) is 0.321. The summed E-state index contributed by atoms with van der Waals surface area (Å²) in [5, 5.41) is 1.95. The number of fused-ring (bicyclic) bond motifs is 2. The molecule has 1 aliphatic heterocycles. The van der Waals surface area contributed by atoms with Crippen LogP contribution < -0.4 is 15.0 Å². The highest BCUT2D eigenvalue weighted by Gasteiger charge is 2.16. The van der Waals surface area contributed by atoms with E-state index in [1.165, 1.54) is 11.8 Å². The highest BCUT2D eigenvalue weighted by molar-refractivity contribution is 7.98. The summed E-state index contributed by atoms with van der Waals surface area (Å²) in [7, 11) is 0. The second kappa shape index (κ2) is 8.05. The van der Waals surface area contributed by atoms with Crippen LogP contribution in [0.15, 0.2) is 76.7 Å². The maximum Gasteiger partial charge on any atom is 0.262 e. The molecule has 0 atom stereocenters. The highest BCUT2D eigenvalue weighted by atomic mass is 35.5. The molecule has 150 valence electrons. The number of rotatable bonds is 5. The van der Waals surface area contributed by atoms with Gasteiger partial charge < -0.3 is 9.47 Å². The summed E-state index contributed by atoms with van der Waals surface area (Å²) in [4.78, 5) is 18.1. The predicted molar refractivity (Wildman–Crippen MR) is 119 cm³/mol. The van der Waals surface area contributed by atoms with E-state index >= 15 is 0 Å². The summed E-state index contributed by atoms with van der Waals surface area (Å²) in [5.74, 6) is 2.03. The monoisotopic (exact) mass is 436 g/mol. The Morgan fingerprint density at radius 3 is 2.70 bits per heavy atom. The van der Waals surface area contributed by atoms with Crippen molar-refractivity contribution in [2.75, 3.05) is 6.79 Å². The summed E-state index contributed by atoms with van der Waals surface area (Å²) in [6, 6.07) is 20.8. The average molecular weight is 437 g/mol. The van der Waals surface area contributed by atoms with Crippen molar-refractivity contribution in [2.24, 2.45) is 0 Å². The van der Waals surface area contributed by atoms with Crippen LogP contribution in [0.4, 0.5) is 0 Å². The lowest BCUT2D eigenvalue weighted by Gasteiger charge is -2.14. The van der Waals surface area contributed by atoms with Crippen LogP contribution in [0.5, 0.6) is 11.5 Å². The zero-order valence-corrected chi connectivity index (χ0v) is 17.4. The van der Waals surface area contributed by atoms with Gasteiger partial charge in [-0.25, -0.2) is 4.98 Å². The minimum Gasteiger partial charge on any atom is -0.454 e. The van der Waals surface area contributed by atoms with Crippen LogP contribution >= 0.6 is 23.4 Å². The molecule has 0 radical (unpaired) electrons. The van der Waals surface area contributed by atoms with Gasteiger partial charge in [-0.2, -0.15) is 0 Å². The Hall–Kier alpha value is -2.96. The molecule has 0 fully saturated rings. The molecule has 5 rings (SSSR count). The Morgan fingerprint density at radius 2 is 1.80 bits per heavy atom.